The van der Waals surface area contributed by atoms with E-state index in [4.69, 9.17) is 5.73 Å². The SMILES string of the molecule is CCC(N)=NC(C)CCS(C)=O. The molecule has 0 saturated carbocycles. The van der Waals surface area contributed by atoms with Crippen molar-refractivity contribution >= 4 is 16.6 Å². The van der Waals surface area contributed by atoms with E-state index in [-0.39, 0.29) is 6.04 Å². The van der Waals surface area contributed by atoms with Crippen molar-refractivity contribution in [1.82, 2.24) is 0 Å². The Bertz CT molecular complexity index is 180. The predicted molar refractivity (Wildman–Crippen MR) is 54.9 cm³/mol. The Morgan fingerprint density at radius 3 is 2.67 bits per heavy atom. The summed E-state index contributed by atoms with van der Waals surface area (Å²) in [6.07, 6.45) is 3.35. The lowest BCUT2D eigenvalue weighted by Gasteiger charge is -2.05. The second-order valence-electron chi connectivity index (χ2n) is 2.89. The first-order valence-corrected chi connectivity index (χ1v) is 5.91. The van der Waals surface area contributed by atoms with Gasteiger partial charge in [-0.05, 0) is 13.3 Å². The van der Waals surface area contributed by atoms with Gasteiger partial charge in [0.1, 0.15) is 0 Å². The van der Waals surface area contributed by atoms with E-state index in [1.807, 2.05) is 13.8 Å². The van der Waals surface area contributed by atoms with E-state index in [2.05, 4.69) is 4.99 Å². The summed E-state index contributed by atoms with van der Waals surface area (Å²) in [6, 6.07) is 0.203. The third kappa shape index (κ3) is 6.34. The van der Waals surface area contributed by atoms with Crippen LogP contribution in [-0.4, -0.2) is 28.1 Å². The lowest BCUT2D eigenvalue weighted by atomic mass is 10.3. The molecule has 0 rings (SSSR count). The predicted octanol–water partition coefficient (Wildman–Crippen LogP) is 0.911. The van der Waals surface area contributed by atoms with E-state index in [0.717, 1.165) is 12.8 Å². The van der Waals surface area contributed by atoms with Gasteiger partial charge < -0.3 is 5.73 Å². The Morgan fingerprint density at radius 2 is 2.25 bits per heavy atom. The second-order valence-corrected chi connectivity index (χ2v) is 4.44. The minimum atomic E-state index is -0.713. The second kappa shape index (κ2) is 6.17. The largest absolute Gasteiger partial charge is 0.387 e. The summed E-state index contributed by atoms with van der Waals surface area (Å²) >= 11 is 0. The Morgan fingerprint density at radius 1 is 1.67 bits per heavy atom. The van der Waals surface area contributed by atoms with Crippen LogP contribution >= 0.6 is 0 Å². The zero-order valence-electron chi connectivity index (χ0n) is 8.04. The molecule has 0 aromatic rings. The average Bonchev–Trinajstić information content (AvgIpc) is 2.00. The van der Waals surface area contributed by atoms with Crippen LogP contribution in [0.4, 0.5) is 0 Å². The maximum absolute atomic E-state index is 10.7. The fourth-order valence-corrected chi connectivity index (χ4v) is 1.45. The van der Waals surface area contributed by atoms with Crippen LogP contribution in [0.5, 0.6) is 0 Å². The third-order valence-corrected chi connectivity index (χ3v) is 2.38. The van der Waals surface area contributed by atoms with Gasteiger partial charge in [0, 0.05) is 35.3 Å². The maximum atomic E-state index is 10.7. The summed E-state index contributed by atoms with van der Waals surface area (Å²) in [5.74, 6) is 1.39. The molecule has 2 N–H and O–H groups in total. The van der Waals surface area contributed by atoms with Gasteiger partial charge in [0.15, 0.2) is 0 Å². The smallest absolute Gasteiger partial charge is 0.0937 e. The zero-order chi connectivity index (χ0) is 9.56. The van der Waals surface area contributed by atoms with Crippen LogP contribution in [0, 0.1) is 0 Å². The van der Waals surface area contributed by atoms with E-state index >= 15 is 0 Å². The van der Waals surface area contributed by atoms with Gasteiger partial charge in [-0.3, -0.25) is 9.20 Å². The monoisotopic (exact) mass is 190 g/mol. The van der Waals surface area contributed by atoms with Crippen molar-refractivity contribution in [3.05, 3.63) is 0 Å². The molecule has 0 aromatic heterocycles. The van der Waals surface area contributed by atoms with Crippen molar-refractivity contribution in [2.24, 2.45) is 10.7 Å². The Balaban J connectivity index is 3.73. The zero-order valence-corrected chi connectivity index (χ0v) is 8.86. The quantitative estimate of drug-likeness (QED) is 0.517. The van der Waals surface area contributed by atoms with Crippen molar-refractivity contribution in [3.63, 3.8) is 0 Å². The molecular formula is C8H18N2OS. The molecule has 3 nitrogen and oxygen atoms in total. The lowest BCUT2D eigenvalue weighted by Crippen LogP contribution is -2.15. The van der Waals surface area contributed by atoms with Crippen molar-refractivity contribution in [3.8, 4) is 0 Å². The van der Waals surface area contributed by atoms with Gasteiger partial charge in [0.25, 0.3) is 0 Å². The molecule has 12 heavy (non-hydrogen) atoms. The van der Waals surface area contributed by atoms with Gasteiger partial charge in [0.2, 0.25) is 0 Å². The number of hydrogen-bond acceptors (Lipinski definition) is 2. The Labute approximate surface area is 76.9 Å². The highest BCUT2D eigenvalue weighted by Crippen LogP contribution is 1.98. The Hall–Kier alpha value is -0.380. The van der Waals surface area contributed by atoms with Crippen molar-refractivity contribution in [1.29, 1.82) is 0 Å². The fourth-order valence-electron chi connectivity index (χ4n) is 0.775. The first-order valence-electron chi connectivity index (χ1n) is 4.18. The molecule has 0 radical (unpaired) electrons. The molecule has 4 heteroatoms. The molecule has 0 amide bonds. The summed E-state index contributed by atoms with van der Waals surface area (Å²) in [5.41, 5.74) is 5.55. The highest BCUT2D eigenvalue weighted by Gasteiger charge is 2.00. The maximum Gasteiger partial charge on any atom is 0.0937 e. The Kier molecular flexibility index (Phi) is 5.98. The average molecular weight is 190 g/mol. The van der Waals surface area contributed by atoms with E-state index in [1.54, 1.807) is 6.26 Å². The molecule has 72 valence electrons. The van der Waals surface area contributed by atoms with Crippen molar-refractivity contribution < 1.29 is 4.21 Å². The normalized spacial score (nSPS) is 17.4. The van der Waals surface area contributed by atoms with E-state index < -0.39 is 10.8 Å². The highest BCUT2D eigenvalue weighted by atomic mass is 32.2. The van der Waals surface area contributed by atoms with Crippen LogP contribution in [0.1, 0.15) is 26.7 Å². The van der Waals surface area contributed by atoms with Crippen LogP contribution in [-0.2, 0) is 10.8 Å². The molecule has 0 heterocycles. The van der Waals surface area contributed by atoms with Crippen LogP contribution < -0.4 is 5.73 Å². The van der Waals surface area contributed by atoms with Crippen LogP contribution in [0.25, 0.3) is 0 Å². The van der Waals surface area contributed by atoms with E-state index in [9.17, 15) is 4.21 Å². The summed E-state index contributed by atoms with van der Waals surface area (Å²) < 4.78 is 10.7. The summed E-state index contributed by atoms with van der Waals surface area (Å²) in [6.45, 7) is 3.97. The molecule has 0 fully saturated rings. The lowest BCUT2D eigenvalue weighted by molar-refractivity contribution is 0.671. The van der Waals surface area contributed by atoms with Crippen LogP contribution in [0.3, 0.4) is 0 Å². The first-order chi connectivity index (χ1) is 5.56. The van der Waals surface area contributed by atoms with Crippen LogP contribution in [0.2, 0.25) is 0 Å². The number of nitrogens with zero attached hydrogens (tertiary/aromatic N) is 1. The molecule has 0 spiro atoms. The number of rotatable bonds is 5. The van der Waals surface area contributed by atoms with E-state index in [1.165, 1.54) is 0 Å². The summed E-state index contributed by atoms with van der Waals surface area (Å²) in [5, 5.41) is 0. The molecule has 0 bridgehead atoms. The molecule has 0 aliphatic rings. The number of aliphatic imine (C=N–C) groups is 1. The molecule has 2 unspecified atom stereocenters. The molecule has 0 aromatic carbocycles. The summed E-state index contributed by atoms with van der Waals surface area (Å²) in [4.78, 5) is 4.23. The van der Waals surface area contributed by atoms with Crippen molar-refractivity contribution in [2.45, 2.75) is 32.7 Å². The minimum absolute atomic E-state index is 0.203. The minimum Gasteiger partial charge on any atom is -0.387 e. The fraction of sp³-hybridized carbons (Fsp3) is 0.875. The van der Waals surface area contributed by atoms with Gasteiger partial charge in [-0.15, -0.1) is 0 Å². The number of hydrogen-bond donors (Lipinski definition) is 1. The first kappa shape index (κ1) is 11.6. The van der Waals surface area contributed by atoms with Gasteiger partial charge in [-0.1, -0.05) is 6.92 Å². The standard InChI is InChI=1S/C8H18N2OS/c1-4-8(9)10-7(2)5-6-12(3)11/h7H,4-6H2,1-3H3,(H2,9,10). The van der Waals surface area contributed by atoms with E-state index in [0.29, 0.717) is 11.6 Å². The molecule has 0 aliphatic carbocycles. The van der Waals surface area contributed by atoms with Crippen LogP contribution in [0.15, 0.2) is 4.99 Å². The molecule has 0 aliphatic heterocycles. The topological polar surface area (TPSA) is 55.4 Å². The van der Waals surface area contributed by atoms with Gasteiger partial charge in [0.05, 0.1) is 5.84 Å². The molecule has 2 atom stereocenters. The third-order valence-electron chi connectivity index (χ3n) is 1.57. The summed E-state index contributed by atoms with van der Waals surface area (Å²) in [7, 11) is -0.713. The molecule has 0 saturated heterocycles. The van der Waals surface area contributed by atoms with Crippen molar-refractivity contribution in [2.75, 3.05) is 12.0 Å². The van der Waals surface area contributed by atoms with Gasteiger partial charge in [-0.2, -0.15) is 0 Å². The highest BCUT2D eigenvalue weighted by molar-refractivity contribution is 7.84. The van der Waals surface area contributed by atoms with Gasteiger partial charge >= 0.3 is 0 Å². The molecular weight excluding hydrogens is 172 g/mol. The van der Waals surface area contributed by atoms with Gasteiger partial charge in [-0.25, -0.2) is 0 Å². The number of nitrogens with two attached hydrogens (primary N) is 1. The number of amidine groups is 1.